The van der Waals surface area contributed by atoms with Crippen LogP contribution in [0.25, 0.3) is 0 Å². The number of ketones is 1. The Hall–Kier alpha value is -2.16. The van der Waals surface area contributed by atoms with Gasteiger partial charge < -0.3 is 25.4 Å². The average molecular weight is 399 g/mol. The Kier molecular flexibility index (Phi) is 9.37. The fourth-order valence-electron chi connectivity index (χ4n) is 2.40. The highest BCUT2D eigenvalue weighted by Crippen LogP contribution is 2.13. The van der Waals surface area contributed by atoms with Crippen molar-refractivity contribution in [3.8, 4) is 0 Å². The standard InChI is InChI=1S/C19H33N3O6/c1-12(2)13(21-18(26)28-11-19(3,4)5)15(24)22-17-14(23)16(25)20-9-7-6-8-10-27-17/h12-13,17H,6-11H2,1-5H3,(H,20,25)(H,21,26)(H,22,24). The molecule has 2 atom stereocenters. The zero-order valence-corrected chi connectivity index (χ0v) is 17.4. The maximum Gasteiger partial charge on any atom is 0.407 e. The molecular formula is C19H33N3O6. The lowest BCUT2D eigenvalue weighted by Crippen LogP contribution is -2.56. The second-order valence-corrected chi connectivity index (χ2v) is 8.44. The van der Waals surface area contributed by atoms with E-state index in [1.807, 2.05) is 20.8 Å². The SMILES string of the molecule is CC(C)C(NC(=O)OCC(C)(C)C)C(=O)NC1OCCCCCNC(=O)C1=O. The summed E-state index contributed by atoms with van der Waals surface area (Å²) in [4.78, 5) is 48.8. The van der Waals surface area contributed by atoms with Crippen molar-refractivity contribution in [2.45, 2.75) is 66.2 Å². The van der Waals surface area contributed by atoms with E-state index in [1.165, 1.54) is 0 Å². The first-order valence-electron chi connectivity index (χ1n) is 9.68. The summed E-state index contributed by atoms with van der Waals surface area (Å²) in [6.07, 6.45) is 0.194. The lowest BCUT2D eigenvalue weighted by molar-refractivity contribution is -0.149. The molecule has 3 amide bonds. The maximum atomic E-state index is 12.6. The van der Waals surface area contributed by atoms with E-state index in [2.05, 4.69) is 16.0 Å². The summed E-state index contributed by atoms with van der Waals surface area (Å²) in [5, 5.41) is 7.46. The predicted molar refractivity (Wildman–Crippen MR) is 102 cm³/mol. The van der Waals surface area contributed by atoms with Gasteiger partial charge in [-0.3, -0.25) is 14.4 Å². The van der Waals surface area contributed by atoms with Crippen LogP contribution in [0.15, 0.2) is 0 Å². The fourth-order valence-corrected chi connectivity index (χ4v) is 2.40. The third kappa shape index (κ3) is 8.69. The van der Waals surface area contributed by atoms with Crippen molar-refractivity contribution < 1.29 is 28.7 Å². The average Bonchev–Trinajstić information content (AvgIpc) is 2.60. The van der Waals surface area contributed by atoms with Crippen molar-refractivity contribution in [1.29, 1.82) is 0 Å². The quantitative estimate of drug-likeness (QED) is 0.595. The number of hydrogen-bond donors (Lipinski definition) is 3. The van der Waals surface area contributed by atoms with Crippen LogP contribution in [0, 0.1) is 11.3 Å². The van der Waals surface area contributed by atoms with Gasteiger partial charge in [-0.2, -0.15) is 0 Å². The normalized spacial score (nSPS) is 20.1. The molecule has 9 nitrogen and oxygen atoms in total. The van der Waals surface area contributed by atoms with Crippen LogP contribution in [-0.2, 0) is 23.9 Å². The smallest absolute Gasteiger partial charge is 0.407 e. The van der Waals surface area contributed by atoms with Gasteiger partial charge in [-0.25, -0.2) is 4.79 Å². The number of rotatable bonds is 5. The van der Waals surface area contributed by atoms with Crippen molar-refractivity contribution in [2.24, 2.45) is 11.3 Å². The largest absolute Gasteiger partial charge is 0.449 e. The zero-order chi connectivity index (χ0) is 21.3. The van der Waals surface area contributed by atoms with Crippen molar-refractivity contribution in [1.82, 2.24) is 16.0 Å². The van der Waals surface area contributed by atoms with Crippen LogP contribution in [0.5, 0.6) is 0 Å². The summed E-state index contributed by atoms with van der Waals surface area (Å²) < 4.78 is 10.6. The molecule has 0 aromatic carbocycles. The molecule has 0 radical (unpaired) electrons. The van der Waals surface area contributed by atoms with Crippen molar-refractivity contribution >= 4 is 23.7 Å². The number of Topliss-reactive ketones (excluding diaryl/α,β-unsaturated/α-hetero) is 1. The maximum absolute atomic E-state index is 12.6. The minimum atomic E-state index is -1.39. The molecular weight excluding hydrogens is 366 g/mol. The molecule has 1 aliphatic heterocycles. The van der Waals surface area contributed by atoms with Crippen molar-refractivity contribution in [3.05, 3.63) is 0 Å². The van der Waals surface area contributed by atoms with Crippen LogP contribution < -0.4 is 16.0 Å². The summed E-state index contributed by atoms with van der Waals surface area (Å²) >= 11 is 0. The number of amides is 3. The Bertz CT molecular complexity index is 571. The highest BCUT2D eigenvalue weighted by Gasteiger charge is 2.32. The summed E-state index contributed by atoms with van der Waals surface area (Å²) in [6, 6.07) is -0.942. The van der Waals surface area contributed by atoms with E-state index in [-0.39, 0.29) is 24.5 Å². The van der Waals surface area contributed by atoms with E-state index >= 15 is 0 Å². The molecule has 1 saturated heterocycles. The molecule has 0 aromatic heterocycles. The van der Waals surface area contributed by atoms with Crippen LogP contribution in [0.4, 0.5) is 4.79 Å². The van der Waals surface area contributed by atoms with Gasteiger partial charge in [0.15, 0.2) is 6.23 Å². The second-order valence-electron chi connectivity index (χ2n) is 8.44. The molecule has 0 aromatic rings. The van der Waals surface area contributed by atoms with Crippen molar-refractivity contribution in [3.63, 3.8) is 0 Å². The van der Waals surface area contributed by atoms with Gasteiger partial charge in [0.25, 0.3) is 11.7 Å². The van der Waals surface area contributed by atoms with E-state index in [1.54, 1.807) is 13.8 Å². The van der Waals surface area contributed by atoms with Crippen LogP contribution in [0.1, 0.15) is 53.9 Å². The summed E-state index contributed by atoms with van der Waals surface area (Å²) in [5.41, 5.74) is -0.212. The van der Waals surface area contributed by atoms with E-state index in [0.717, 1.165) is 12.8 Å². The Morgan fingerprint density at radius 2 is 1.89 bits per heavy atom. The van der Waals surface area contributed by atoms with Gasteiger partial charge in [0.05, 0.1) is 6.61 Å². The highest BCUT2D eigenvalue weighted by molar-refractivity contribution is 6.38. The lowest BCUT2D eigenvalue weighted by atomic mass is 9.99. The van der Waals surface area contributed by atoms with E-state index in [0.29, 0.717) is 13.0 Å². The molecule has 0 spiro atoms. The molecule has 0 saturated carbocycles. The molecule has 1 aliphatic rings. The van der Waals surface area contributed by atoms with Crippen LogP contribution in [-0.4, -0.2) is 55.7 Å². The van der Waals surface area contributed by atoms with Gasteiger partial charge in [0.1, 0.15) is 6.04 Å². The van der Waals surface area contributed by atoms with Gasteiger partial charge in [0.2, 0.25) is 5.91 Å². The van der Waals surface area contributed by atoms with Gasteiger partial charge in [-0.1, -0.05) is 34.6 Å². The lowest BCUT2D eigenvalue weighted by Gasteiger charge is -2.26. The number of alkyl carbamates (subject to hydrolysis) is 1. The topological polar surface area (TPSA) is 123 Å². The molecule has 160 valence electrons. The van der Waals surface area contributed by atoms with Crippen LogP contribution in [0.3, 0.4) is 0 Å². The molecule has 2 unspecified atom stereocenters. The minimum absolute atomic E-state index is 0.190. The van der Waals surface area contributed by atoms with E-state index < -0.39 is 36.0 Å². The molecule has 1 heterocycles. The molecule has 1 fully saturated rings. The Morgan fingerprint density at radius 3 is 2.50 bits per heavy atom. The zero-order valence-electron chi connectivity index (χ0n) is 17.4. The third-order valence-corrected chi connectivity index (χ3v) is 3.99. The molecule has 0 aliphatic carbocycles. The number of ether oxygens (including phenoxy) is 2. The molecule has 3 N–H and O–H groups in total. The fraction of sp³-hybridized carbons (Fsp3) is 0.789. The number of carbonyl (C=O) groups is 4. The van der Waals surface area contributed by atoms with Gasteiger partial charge in [-0.15, -0.1) is 0 Å². The highest BCUT2D eigenvalue weighted by atomic mass is 16.5. The van der Waals surface area contributed by atoms with Gasteiger partial charge in [0, 0.05) is 13.2 Å². The monoisotopic (exact) mass is 399 g/mol. The Balaban J connectivity index is 2.75. The minimum Gasteiger partial charge on any atom is -0.449 e. The summed E-state index contributed by atoms with van der Waals surface area (Å²) in [7, 11) is 0. The van der Waals surface area contributed by atoms with Crippen LogP contribution >= 0.6 is 0 Å². The second kappa shape index (κ2) is 11.0. The molecule has 0 bridgehead atoms. The Labute approximate surface area is 166 Å². The first kappa shape index (κ1) is 23.9. The van der Waals surface area contributed by atoms with Crippen LogP contribution in [0.2, 0.25) is 0 Å². The first-order chi connectivity index (χ1) is 13.0. The third-order valence-electron chi connectivity index (χ3n) is 3.99. The summed E-state index contributed by atoms with van der Waals surface area (Å²) in [5.74, 6) is -2.56. The predicted octanol–water partition coefficient (Wildman–Crippen LogP) is 1.11. The number of nitrogens with one attached hydrogen (secondary N) is 3. The van der Waals surface area contributed by atoms with Crippen molar-refractivity contribution in [2.75, 3.05) is 19.8 Å². The number of hydrogen-bond acceptors (Lipinski definition) is 6. The first-order valence-corrected chi connectivity index (χ1v) is 9.68. The number of carbonyl (C=O) groups excluding carboxylic acids is 4. The van der Waals surface area contributed by atoms with E-state index in [4.69, 9.17) is 9.47 Å². The molecule has 28 heavy (non-hydrogen) atoms. The van der Waals surface area contributed by atoms with Gasteiger partial charge >= 0.3 is 6.09 Å². The van der Waals surface area contributed by atoms with E-state index in [9.17, 15) is 19.2 Å². The molecule has 1 rings (SSSR count). The molecule has 9 heteroatoms. The van der Waals surface area contributed by atoms with Gasteiger partial charge in [-0.05, 0) is 30.6 Å². The summed E-state index contributed by atoms with van der Waals surface area (Å²) in [6.45, 7) is 10.1. The Morgan fingerprint density at radius 1 is 1.21 bits per heavy atom.